The molecule has 1 atom stereocenters. The summed E-state index contributed by atoms with van der Waals surface area (Å²) in [6.45, 7) is 17.4. The van der Waals surface area contributed by atoms with Gasteiger partial charge in [-0.1, -0.05) is 18.7 Å². The zero-order valence-corrected chi connectivity index (χ0v) is 17.0. The molecule has 1 aromatic carbocycles. The van der Waals surface area contributed by atoms with Crippen LogP contribution in [0.1, 0.15) is 19.4 Å². The van der Waals surface area contributed by atoms with Crippen molar-refractivity contribution in [3.05, 3.63) is 69.7 Å². The number of aliphatic imine (C=N–C) groups is 2. The highest BCUT2D eigenvalue weighted by Gasteiger charge is 2.29. The lowest BCUT2D eigenvalue weighted by molar-refractivity contribution is -0.423. The summed E-state index contributed by atoms with van der Waals surface area (Å²) in [5, 5.41) is 11.6. The Morgan fingerprint density at radius 2 is 2.03 bits per heavy atom. The number of nitro groups is 1. The fourth-order valence-corrected chi connectivity index (χ4v) is 3.47. The molecule has 2 N–H and O–H groups in total. The van der Waals surface area contributed by atoms with Crippen molar-refractivity contribution in [3.8, 4) is 0 Å². The Bertz CT molecular complexity index is 874. The fourth-order valence-electron chi connectivity index (χ4n) is 3.47. The third-order valence-corrected chi connectivity index (χ3v) is 5.07. The van der Waals surface area contributed by atoms with Crippen LogP contribution in [0.25, 0.3) is 0 Å². The molecule has 0 bridgehead atoms. The third-order valence-electron chi connectivity index (χ3n) is 5.07. The lowest BCUT2D eigenvalue weighted by Crippen LogP contribution is -2.51. The monoisotopic (exact) mass is 396 g/mol. The minimum Gasteiger partial charge on any atom is -0.393 e. The topological polar surface area (TPSA) is 100 Å². The van der Waals surface area contributed by atoms with E-state index in [1.807, 2.05) is 23.1 Å². The van der Waals surface area contributed by atoms with Crippen LogP contribution in [0, 0.1) is 10.1 Å². The number of benzene rings is 1. The van der Waals surface area contributed by atoms with Gasteiger partial charge in [-0.3, -0.25) is 25.0 Å². The second-order valence-electron chi connectivity index (χ2n) is 6.84. The second-order valence-corrected chi connectivity index (χ2v) is 6.84. The molecule has 8 nitrogen and oxygen atoms in total. The molecular formula is C21H28N6O2. The average Bonchev–Trinajstić information content (AvgIpc) is 2.72. The van der Waals surface area contributed by atoms with Gasteiger partial charge in [0.15, 0.2) is 0 Å². The van der Waals surface area contributed by atoms with Gasteiger partial charge in [0.25, 0.3) is 0 Å². The van der Waals surface area contributed by atoms with E-state index in [9.17, 15) is 10.1 Å². The minimum atomic E-state index is -0.442. The van der Waals surface area contributed by atoms with Gasteiger partial charge < -0.3 is 10.6 Å². The second kappa shape index (κ2) is 9.79. The average molecular weight is 396 g/mol. The first-order chi connectivity index (χ1) is 13.9. The third kappa shape index (κ3) is 4.97. The van der Waals surface area contributed by atoms with Gasteiger partial charge in [0.1, 0.15) is 11.4 Å². The van der Waals surface area contributed by atoms with Crippen LogP contribution in [0.5, 0.6) is 0 Å². The molecular weight excluding hydrogens is 368 g/mol. The molecule has 8 heteroatoms. The van der Waals surface area contributed by atoms with Crippen molar-refractivity contribution < 1.29 is 4.92 Å². The van der Waals surface area contributed by atoms with Gasteiger partial charge in [-0.25, -0.2) is 0 Å². The number of hydrogen-bond donors (Lipinski definition) is 1. The van der Waals surface area contributed by atoms with Crippen LogP contribution in [0.15, 0.2) is 64.0 Å². The Hall–Kier alpha value is -3.26. The molecule has 1 aliphatic rings. The molecule has 0 saturated carbocycles. The smallest absolute Gasteiger partial charge is 0.314 e. The molecule has 1 saturated heterocycles. The Morgan fingerprint density at radius 3 is 2.55 bits per heavy atom. The summed E-state index contributed by atoms with van der Waals surface area (Å²) in [4.78, 5) is 23.4. The molecule has 2 rings (SSSR count). The van der Waals surface area contributed by atoms with Gasteiger partial charge in [-0.2, -0.15) is 0 Å². The van der Waals surface area contributed by atoms with Crippen molar-refractivity contribution in [2.45, 2.75) is 26.4 Å². The Labute approximate surface area is 171 Å². The van der Waals surface area contributed by atoms with Gasteiger partial charge in [0, 0.05) is 32.2 Å². The first-order valence-electron chi connectivity index (χ1n) is 9.34. The normalized spacial score (nSPS) is 18.8. The Morgan fingerprint density at radius 1 is 1.34 bits per heavy atom. The standard InChI is InChI=1S/C21H28N6O2/c1-6-17(22)21(27(28)29)20(7-2)26-11-10-25(15(3)13-26)14-16-8-9-18(23-4)19(12-16)24-5/h6-9,12,15H,2,4-5,10-11,13-14,22H2,1,3H3/b17-6+,21-20-. The van der Waals surface area contributed by atoms with Crippen LogP contribution in [-0.2, 0) is 6.54 Å². The maximum absolute atomic E-state index is 11.6. The zero-order chi connectivity index (χ0) is 21.6. The van der Waals surface area contributed by atoms with E-state index in [0.717, 1.165) is 18.7 Å². The predicted octanol–water partition coefficient (Wildman–Crippen LogP) is 3.39. The lowest BCUT2D eigenvalue weighted by Gasteiger charge is -2.41. The first kappa shape index (κ1) is 22.0. The van der Waals surface area contributed by atoms with Crippen LogP contribution in [0.2, 0.25) is 0 Å². The maximum atomic E-state index is 11.6. The highest BCUT2D eigenvalue weighted by molar-refractivity contribution is 5.67. The highest BCUT2D eigenvalue weighted by Crippen LogP contribution is 2.29. The van der Waals surface area contributed by atoms with Crippen molar-refractivity contribution in [1.82, 2.24) is 9.80 Å². The summed E-state index contributed by atoms with van der Waals surface area (Å²) in [5.41, 5.74) is 8.87. The molecule has 29 heavy (non-hydrogen) atoms. The molecule has 0 aromatic heterocycles. The largest absolute Gasteiger partial charge is 0.393 e. The molecule has 1 aliphatic heterocycles. The number of nitrogens with two attached hydrogens (primary N) is 1. The van der Waals surface area contributed by atoms with E-state index in [-0.39, 0.29) is 17.4 Å². The number of nitrogens with zero attached hydrogens (tertiary/aromatic N) is 5. The van der Waals surface area contributed by atoms with Gasteiger partial charge in [-0.15, -0.1) is 0 Å². The van der Waals surface area contributed by atoms with Crippen molar-refractivity contribution in [2.24, 2.45) is 15.7 Å². The highest BCUT2D eigenvalue weighted by atomic mass is 16.6. The zero-order valence-electron chi connectivity index (χ0n) is 17.0. The SMILES string of the molecule is C=C/C(=C(\C(N)=C/C)[N+](=O)[O-])N1CCN(Cc2ccc(N=C)c(N=C)c2)C(C)C1. The molecule has 0 radical (unpaired) electrons. The Kier molecular flexibility index (Phi) is 7.44. The van der Waals surface area contributed by atoms with Crippen LogP contribution in [0.4, 0.5) is 11.4 Å². The number of allylic oxidation sites excluding steroid dienone is 2. The van der Waals surface area contributed by atoms with Gasteiger partial charge >= 0.3 is 5.70 Å². The van der Waals surface area contributed by atoms with E-state index in [1.54, 1.807) is 6.92 Å². The summed E-state index contributed by atoms with van der Waals surface area (Å²) in [6, 6.07) is 6.03. The number of piperazine rings is 1. The molecule has 0 aliphatic carbocycles. The van der Waals surface area contributed by atoms with Gasteiger partial charge in [-0.05, 0) is 51.1 Å². The van der Waals surface area contributed by atoms with Crippen LogP contribution in [-0.4, -0.2) is 53.8 Å². The maximum Gasteiger partial charge on any atom is 0.314 e. The molecule has 1 heterocycles. The molecule has 1 fully saturated rings. The lowest BCUT2D eigenvalue weighted by atomic mass is 10.1. The number of hydrogen-bond acceptors (Lipinski definition) is 7. The van der Waals surface area contributed by atoms with Crippen LogP contribution >= 0.6 is 0 Å². The van der Waals surface area contributed by atoms with E-state index >= 15 is 0 Å². The quantitative estimate of drug-likeness (QED) is 0.314. The summed E-state index contributed by atoms with van der Waals surface area (Å²) in [7, 11) is 0. The summed E-state index contributed by atoms with van der Waals surface area (Å²) < 4.78 is 0. The molecule has 1 aromatic rings. The van der Waals surface area contributed by atoms with Crippen LogP contribution in [0.3, 0.4) is 0 Å². The molecule has 0 spiro atoms. The minimum absolute atomic E-state index is 0.0997. The van der Waals surface area contributed by atoms with Crippen molar-refractivity contribution in [2.75, 3.05) is 19.6 Å². The summed E-state index contributed by atoms with van der Waals surface area (Å²) >= 11 is 0. The first-order valence-corrected chi connectivity index (χ1v) is 9.34. The predicted molar refractivity (Wildman–Crippen MR) is 118 cm³/mol. The van der Waals surface area contributed by atoms with Crippen molar-refractivity contribution in [1.29, 1.82) is 0 Å². The Balaban J connectivity index is 2.20. The van der Waals surface area contributed by atoms with E-state index in [2.05, 4.69) is 41.8 Å². The van der Waals surface area contributed by atoms with E-state index in [1.165, 1.54) is 12.2 Å². The number of rotatable bonds is 8. The molecule has 0 amide bonds. The summed E-state index contributed by atoms with van der Waals surface area (Å²) in [6.07, 6.45) is 3.05. The fraction of sp³-hybridized carbons (Fsp3) is 0.333. The van der Waals surface area contributed by atoms with Crippen LogP contribution < -0.4 is 5.73 Å². The van der Waals surface area contributed by atoms with Gasteiger partial charge in [0.05, 0.1) is 16.3 Å². The van der Waals surface area contributed by atoms with E-state index < -0.39 is 4.92 Å². The van der Waals surface area contributed by atoms with E-state index in [4.69, 9.17) is 5.73 Å². The van der Waals surface area contributed by atoms with Gasteiger partial charge in [0.2, 0.25) is 0 Å². The van der Waals surface area contributed by atoms with E-state index in [0.29, 0.717) is 30.2 Å². The molecule has 1 unspecified atom stereocenters. The van der Waals surface area contributed by atoms with Crippen molar-refractivity contribution in [3.63, 3.8) is 0 Å². The van der Waals surface area contributed by atoms with Crippen molar-refractivity contribution >= 4 is 24.8 Å². The summed E-state index contributed by atoms with van der Waals surface area (Å²) in [5.74, 6) is 0. The molecule has 154 valence electrons.